The quantitative estimate of drug-likeness (QED) is 0.654. The molecule has 0 bridgehead atoms. The summed E-state index contributed by atoms with van der Waals surface area (Å²) in [5.41, 5.74) is 4.24. The number of carbonyl (C=O) groups is 1. The molecular weight excluding hydrogens is 300 g/mol. The number of aryl methyl sites for hydroxylation is 1. The zero-order valence-electron chi connectivity index (χ0n) is 12.3. The van der Waals surface area contributed by atoms with Gasteiger partial charge >= 0.3 is 0 Å². The summed E-state index contributed by atoms with van der Waals surface area (Å²) in [6.07, 6.45) is 1.75. The molecule has 0 atom stereocenters. The number of hydrogen-bond acceptors (Lipinski definition) is 3. The summed E-state index contributed by atoms with van der Waals surface area (Å²) in [7, 11) is 0. The van der Waals surface area contributed by atoms with Gasteiger partial charge in [-0.2, -0.15) is 5.10 Å². The van der Waals surface area contributed by atoms with Crippen LogP contribution in [-0.2, 0) is 4.79 Å². The molecule has 0 heterocycles. The van der Waals surface area contributed by atoms with E-state index in [2.05, 4.69) is 10.5 Å². The predicted octanol–water partition coefficient (Wildman–Crippen LogP) is 3.57. The molecule has 2 aromatic carbocycles. The molecule has 1 amide bonds. The van der Waals surface area contributed by atoms with Gasteiger partial charge in [-0.05, 0) is 24.6 Å². The van der Waals surface area contributed by atoms with Crippen LogP contribution >= 0.6 is 11.6 Å². The zero-order chi connectivity index (χ0) is 15.8. The van der Waals surface area contributed by atoms with Gasteiger partial charge in [0, 0.05) is 10.6 Å². The van der Waals surface area contributed by atoms with Gasteiger partial charge in [0.2, 0.25) is 5.91 Å². The molecular formula is C17H17ClN2O2. The van der Waals surface area contributed by atoms with Crippen molar-refractivity contribution in [3.63, 3.8) is 0 Å². The minimum Gasteiger partial charge on any atom is -0.493 e. The van der Waals surface area contributed by atoms with Gasteiger partial charge in [-0.1, -0.05) is 48.0 Å². The minimum atomic E-state index is -0.211. The van der Waals surface area contributed by atoms with Crippen LogP contribution in [0.25, 0.3) is 0 Å². The molecule has 0 unspecified atom stereocenters. The number of nitrogens with zero attached hydrogens (tertiary/aromatic N) is 1. The number of carbonyl (C=O) groups excluding carboxylic acids is 1. The van der Waals surface area contributed by atoms with Crippen LogP contribution in [0.2, 0.25) is 5.02 Å². The number of nitrogens with one attached hydrogen (secondary N) is 1. The van der Waals surface area contributed by atoms with Gasteiger partial charge in [0.05, 0.1) is 19.2 Å². The van der Waals surface area contributed by atoms with Gasteiger partial charge < -0.3 is 4.74 Å². The topological polar surface area (TPSA) is 50.7 Å². The molecule has 2 rings (SSSR count). The van der Waals surface area contributed by atoms with Gasteiger partial charge in [0.1, 0.15) is 5.75 Å². The van der Waals surface area contributed by atoms with E-state index in [9.17, 15) is 4.79 Å². The number of ether oxygens (including phenoxy) is 1. The van der Waals surface area contributed by atoms with Crippen molar-refractivity contribution < 1.29 is 9.53 Å². The summed E-state index contributed by atoms with van der Waals surface area (Å²) in [5.74, 6) is 0.576. The van der Waals surface area contributed by atoms with E-state index in [-0.39, 0.29) is 12.3 Å². The molecule has 0 aliphatic carbocycles. The first kappa shape index (κ1) is 16.0. The number of hydrazone groups is 1. The van der Waals surface area contributed by atoms with Gasteiger partial charge in [0.25, 0.3) is 0 Å². The molecule has 1 N–H and O–H groups in total. The molecule has 0 saturated heterocycles. The first-order valence-electron chi connectivity index (χ1n) is 6.91. The van der Waals surface area contributed by atoms with Crippen molar-refractivity contribution in [1.29, 1.82) is 0 Å². The lowest BCUT2D eigenvalue weighted by atomic mass is 10.2. The Morgan fingerprint density at radius 3 is 2.73 bits per heavy atom. The molecule has 0 radical (unpaired) electrons. The van der Waals surface area contributed by atoms with E-state index < -0.39 is 0 Å². The Bertz CT molecular complexity index is 671. The first-order chi connectivity index (χ1) is 10.7. The van der Waals surface area contributed by atoms with Crippen molar-refractivity contribution in [2.24, 2.45) is 5.10 Å². The summed E-state index contributed by atoms with van der Waals surface area (Å²) in [5, 5.41) is 4.47. The normalized spacial score (nSPS) is 10.6. The molecule has 5 heteroatoms. The van der Waals surface area contributed by atoms with Crippen LogP contribution in [0.1, 0.15) is 17.5 Å². The number of amides is 1. The number of hydrogen-bond donors (Lipinski definition) is 1. The van der Waals surface area contributed by atoms with Crippen molar-refractivity contribution in [2.75, 3.05) is 6.61 Å². The maximum absolute atomic E-state index is 11.7. The zero-order valence-corrected chi connectivity index (χ0v) is 13.0. The Morgan fingerprint density at radius 2 is 1.95 bits per heavy atom. The van der Waals surface area contributed by atoms with E-state index in [1.807, 2.05) is 49.4 Å². The molecule has 22 heavy (non-hydrogen) atoms. The second-order valence-electron chi connectivity index (χ2n) is 4.68. The fourth-order valence-corrected chi connectivity index (χ4v) is 1.97. The number of para-hydroxylation sites is 1. The molecule has 2 aromatic rings. The summed E-state index contributed by atoms with van der Waals surface area (Å²) in [6, 6.07) is 15.0. The highest BCUT2D eigenvalue weighted by molar-refractivity contribution is 6.33. The van der Waals surface area contributed by atoms with Crippen LogP contribution in [0.5, 0.6) is 5.75 Å². The second-order valence-corrected chi connectivity index (χ2v) is 5.09. The molecule has 0 saturated carbocycles. The fourth-order valence-electron chi connectivity index (χ4n) is 1.78. The van der Waals surface area contributed by atoms with Crippen LogP contribution < -0.4 is 10.2 Å². The summed E-state index contributed by atoms with van der Waals surface area (Å²) in [4.78, 5) is 11.7. The average molecular weight is 317 g/mol. The lowest BCUT2D eigenvalue weighted by Crippen LogP contribution is -2.20. The van der Waals surface area contributed by atoms with Crippen LogP contribution in [0.3, 0.4) is 0 Å². The molecule has 114 valence electrons. The Labute approximate surface area is 134 Å². The lowest BCUT2D eigenvalue weighted by molar-refractivity contribution is -0.121. The summed E-state index contributed by atoms with van der Waals surface area (Å²) >= 11 is 5.98. The highest BCUT2D eigenvalue weighted by atomic mass is 35.5. The van der Waals surface area contributed by atoms with Gasteiger partial charge in [-0.25, -0.2) is 5.43 Å². The van der Waals surface area contributed by atoms with Crippen molar-refractivity contribution >= 4 is 23.7 Å². The van der Waals surface area contributed by atoms with Crippen molar-refractivity contribution in [2.45, 2.75) is 13.3 Å². The van der Waals surface area contributed by atoms with Crippen LogP contribution in [-0.4, -0.2) is 18.7 Å². The largest absolute Gasteiger partial charge is 0.493 e. The van der Waals surface area contributed by atoms with Crippen LogP contribution in [0.4, 0.5) is 0 Å². The van der Waals surface area contributed by atoms with E-state index >= 15 is 0 Å². The molecule has 0 aliphatic heterocycles. The van der Waals surface area contributed by atoms with Crippen LogP contribution in [0.15, 0.2) is 53.6 Å². The maximum Gasteiger partial charge on any atom is 0.243 e. The van der Waals surface area contributed by atoms with Gasteiger partial charge in [-0.15, -0.1) is 0 Å². The first-order valence-corrected chi connectivity index (χ1v) is 7.29. The highest BCUT2D eigenvalue weighted by Crippen LogP contribution is 2.16. The van der Waals surface area contributed by atoms with Gasteiger partial charge in [0.15, 0.2) is 0 Å². The number of benzene rings is 2. The van der Waals surface area contributed by atoms with Crippen molar-refractivity contribution in [1.82, 2.24) is 5.43 Å². The minimum absolute atomic E-state index is 0.211. The Morgan fingerprint density at radius 1 is 1.23 bits per heavy atom. The molecule has 0 aromatic heterocycles. The maximum atomic E-state index is 11.7. The SMILES string of the molecule is Cc1ccccc1OCCC(=O)NN=Cc1ccccc1Cl. The molecule has 4 nitrogen and oxygen atoms in total. The molecule has 0 fully saturated rings. The third kappa shape index (κ3) is 4.90. The predicted molar refractivity (Wildman–Crippen MR) is 88.5 cm³/mol. The summed E-state index contributed by atoms with van der Waals surface area (Å²) < 4.78 is 5.56. The Balaban J connectivity index is 1.75. The van der Waals surface area contributed by atoms with Gasteiger partial charge in [-0.3, -0.25) is 4.79 Å². The van der Waals surface area contributed by atoms with Crippen molar-refractivity contribution in [3.8, 4) is 5.75 Å². The van der Waals surface area contributed by atoms with E-state index in [4.69, 9.17) is 16.3 Å². The molecule has 0 spiro atoms. The van der Waals surface area contributed by atoms with Crippen molar-refractivity contribution in [3.05, 3.63) is 64.7 Å². The molecule has 0 aliphatic rings. The smallest absolute Gasteiger partial charge is 0.243 e. The van der Waals surface area contributed by atoms with E-state index in [1.54, 1.807) is 6.07 Å². The number of halogens is 1. The third-order valence-electron chi connectivity index (χ3n) is 2.98. The summed E-state index contributed by atoms with van der Waals surface area (Å²) in [6.45, 7) is 2.27. The van der Waals surface area contributed by atoms with Crippen LogP contribution in [0, 0.1) is 6.92 Å². The lowest BCUT2D eigenvalue weighted by Gasteiger charge is -2.07. The second kappa shape index (κ2) is 8.20. The highest BCUT2D eigenvalue weighted by Gasteiger charge is 2.02. The van der Waals surface area contributed by atoms with E-state index in [0.29, 0.717) is 11.6 Å². The van der Waals surface area contributed by atoms with E-state index in [1.165, 1.54) is 6.21 Å². The Kier molecular flexibility index (Phi) is 5.98. The Hall–Kier alpha value is -2.33. The monoisotopic (exact) mass is 316 g/mol. The number of rotatable bonds is 6. The standard InChI is InChI=1S/C17H17ClN2O2/c1-13-6-2-5-9-16(13)22-11-10-17(21)20-19-12-14-7-3-4-8-15(14)18/h2-9,12H,10-11H2,1H3,(H,20,21). The van der Waals surface area contributed by atoms with E-state index in [0.717, 1.165) is 16.9 Å². The fraction of sp³-hybridized carbons (Fsp3) is 0.176. The average Bonchev–Trinajstić information content (AvgIpc) is 2.51. The third-order valence-corrected chi connectivity index (χ3v) is 3.32.